The van der Waals surface area contributed by atoms with E-state index in [9.17, 15) is 49.1 Å². The Hall–Kier alpha value is -10.3. The Morgan fingerprint density at radius 2 is 1.39 bits per heavy atom. The molecule has 4 aliphatic rings. The zero-order valence-electron chi connectivity index (χ0n) is 55.6. The molecule has 0 radical (unpaired) electrons. The second-order valence-corrected chi connectivity index (χ2v) is 26.7. The second kappa shape index (κ2) is 28.4. The van der Waals surface area contributed by atoms with Gasteiger partial charge in [-0.05, 0) is 101 Å². The number of aliphatic hydroxyl groups excluding tert-OH is 1. The minimum atomic E-state index is -2.55. The highest BCUT2D eigenvalue weighted by Crippen LogP contribution is 2.64. The zero-order valence-corrected chi connectivity index (χ0v) is 55.6. The number of nitro groups is 1. The number of ketones is 1. The molecule has 24 heteroatoms. The maximum atomic E-state index is 16.0. The van der Waals surface area contributed by atoms with Gasteiger partial charge in [-0.1, -0.05) is 137 Å². The molecule has 24 nitrogen and oxygen atoms in total. The van der Waals surface area contributed by atoms with Crippen molar-refractivity contribution in [1.29, 1.82) is 0 Å². The van der Waals surface area contributed by atoms with E-state index >= 15 is 9.59 Å². The second-order valence-electron chi connectivity index (χ2n) is 26.7. The summed E-state index contributed by atoms with van der Waals surface area (Å²) >= 11 is 0. The zero-order chi connectivity index (χ0) is 70.6. The van der Waals surface area contributed by atoms with Gasteiger partial charge >= 0.3 is 41.8 Å². The lowest BCUT2D eigenvalue weighted by atomic mass is 9.44. The van der Waals surface area contributed by atoms with Crippen LogP contribution in [-0.2, 0) is 58.9 Å². The number of nitro benzene ring substituents is 1. The number of hydrogen-bond donors (Lipinski definition) is 4. The molecule has 0 unspecified atom stereocenters. The summed E-state index contributed by atoms with van der Waals surface area (Å²) in [7, 11) is 1.46. The Labute approximate surface area is 565 Å². The minimum absolute atomic E-state index is 0.00707. The van der Waals surface area contributed by atoms with Crippen molar-refractivity contribution in [2.24, 2.45) is 22.2 Å². The molecule has 0 spiro atoms. The summed E-state index contributed by atoms with van der Waals surface area (Å²) in [5.74, 6) is -7.17. The molecule has 3 fully saturated rings. The highest BCUT2D eigenvalue weighted by Gasteiger charge is 2.78. The number of amides is 3. The molecule has 6 aromatic rings. The number of fused-ring (bicyclic) bond motifs is 5. The molecule has 4 N–H and O–H groups in total. The van der Waals surface area contributed by atoms with Crippen LogP contribution < -0.4 is 15.4 Å². The van der Waals surface area contributed by atoms with Crippen LogP contribution in [0.15, 0.2) is 175 Å². The van der Waals surface area contributed by atoms with Gasteiger partial charge in [0.25, 0.3) is 5.91 Å². The smallest absolute Gasteiger partial charge is 0.409 e. The minimum Gasteiger partial charge on any atom is -0.455 e. The lowest BCUT2D eigenvalue weighted by Gasteiger charge is -2.67. The molecule has 2 saturated carbocycles. The lowest BCUT2D eigenvalue weighted by molar-refractivity contribution is -0.385. The summed E-state index contributed by atoms with van der Waals surface area (Å²) in [6.45, 7) is 10.6. The van der Waals surface area contributed by atoms with Crippen LogP contribution in [0.1, 0.15) is 106 Å². The van der Waals surface area contributed by atoms with Crippen LogP contribution in [0.2, 0.25) is 0 Å². The van der Waals surface area contributed by atoms with Gasteiger partial charge in [-0.15, -0.1) is 0 Å². The first-order chi connectivity index (χ1) is 46.5. The quantitative estimate of drug-likeness (QED) is 0.0171. The van der Waals surface area contributed by atoms with E-state index in [0.29, 0.717) is 11.3 Å². The van der Waals surface area contributed by atoms with Crippen LogP contribution in [0.3, 0.4) is 0 Å². The van der Waals surface area contributed by atoms with E-state index in [2.05, 4.69) is 10.6 Å². The van der Waals surface area contributed by atoms with Crippen molar-refractivity contribution < 1.29 is 91.4 Å². The molecule has 3 amide bonds. The summed E-state index contributed by atoms with van der Waals surface area (Å²) in [5.41, 5.74) is -7.05. The monoisotopic (exact) mass is 1340 g/mol. The first-order valence-electron chi connectivity index (χ1n) is 31.9. The Bertz CT molecular complexity index is 4040. The number of benzene rings is 6. The largest absolute Gasteiger partial charge is 0.455 e. The number of alkyl carbamates (subject to hydrolysis) is 1. The number of nitrogens with one attached hydrogen (secondary N) is 2. The molecule has 1 heterocycles. The molecule has 0 aromatic heterocycles. The molecule has 1 saturated heterocycles. The van der Waals surface area contributed by atoms with Crippen LogP contribution in [0.25, 0.3) is 11.1 Å². The van der Waals surface area contributed by atoms with E-state index in [1.54, 1.807) is 92.7 Å². The lowest BCUT2D eigenvalue weighted by Crippen LogP contribution is -2.82. The van der Waals surface area contributed by atoms with Crippen LogP contribution >= 0.6 is 0 Å². The number of aliphatic hydroxyl groups is 2. The van der Waals surface area contributed by atoms with Crippen molar-refractivity contribution >= 4 is 53.4 Å². The number of Topliss-reactive ketones (excluding diaryl/α,β-unsaturated/α-hetero) is 1. The van der Waals surface area contributed by atoms with Crippen molar-refractivity contribution in [3.05, 3.63) is 207 Å². The maximum absolute atomic E-state index is 16.0. The summed E-state index contributed by atoms with van der Waals surface area (Å²) in [6, 6.07) is 42.9. The highest BCUT2D eigenvalue weighted by atomic mass is 16.6. The fourth-order valence-corrected chi connectivity index (χ4v) is 14.1. The van der Waals surface area contributed by atoms with Gasteiger partial charge in [0.05, 0.1) is 34.5 Å². The Balaban J connectivity index is 0.939. The van der Waals surface area contributed by atoms with Crippen LogP contribution in [0.5, 0.6) is 11.5 Å². The summed E-state index contributed by atoms with van der Waals surface area (Å²) in [6.07, 6.45) is -13.4. The molecule has 11 atom stereocenters. The van der Waals surface area contributed by atoms with Gasteiger partial charge in [-0.3, -0.25) is 29.3 Å². The Morgan fingerprint density at radius 1 is 0.786 bits per heavy atom. The molecule has 3 aliphatic carbocycles. The molecule has 1 aliphatic heterocycles. The standard InChI is InChI=1S/C74H78N4O20/c1-43-55(38-74(88)64(97-66(84)51-28-20-13-21-29-51)62-72(8,56(81)37-57-73(62,42-92-57)98-45(3)80)63(82)60(93-44(2)79)58(43)71(74,6)7)95-67(85)61(59(49-24-16-11-17-25-49)76-65(83)50-26-18-12-19-27-50)96-68(86)75-40-70(4,5)41-77(9)69(87)91-39-46-30-35-53(78(89)90)54(36-46)94-52-33-31-48(32-34-52)47-22-14-10-15-23-47/h10-36,55-57,59-62,64,81,88H,37-42H2,1-9H3,(H,75,86)(H,76,83)/t55-,56-,57+,59-,60+,61+,62-,64-,72+,73-,74+/m0/s1. The predicted octanol–water partition coefficient (Wildman–Crippen LogP) is 10.1. The normalized spacial score (nSPS) is 24.3. The number of rotatable bonds is 21. The van der Waals surface area contributed by atoms with Gasteiger partial charge in [-0.2, -0.15) is 0 Å². The van der Waals surface area contributed by atoms with Crippen LogP contribution in [0.4, 0.5) is 15.3 Å². The topological polar surface area (TPSA) is 321 Å². The molecule has 6 aromatic carbocycles. The highest BCUT2D eigenvalue weighted by molar-refractivity contribution is 5.96. The molecular weight excluding hydrogens is 1260 g/mol. The summed E-state index contributed by atoms with van der Waals surface area (Å²) in [4.78, 5) is 128. The van der Waals surface area contributed by atoms with E-state index in [4.69, 9.17) is 37.9 Å². The van der Waals surface area contributed by atoms with Crippen molar-refractivity contribution in [3.63, 3.8) is 0 Å². The predicted molar refractivity (Wildman–Crippen MR) is 352 cm³/mol. The SMILES string of the molecule is CC(=O)O[C@H]1C(=O)[C@@]2(C)[C@H]([C@H](OC(=O)c3ccccc3)[C@]3(O)C[C@H](OC(=O)[C@H](OC(=O)NCC(C)(C)CN(C)C(=O)OCc4ccc([N+](=O)[O-])c(Oc5ccc(-c6ccccc6)cc5)c4)[C@@H](NC(=O)c4ccccc4)c4ccccc4)C(C)=C1C3(C)C)[C@]1(OC(C)=O)CO[C@@H]1C[C@@H]2O. The Kier molecular flexibility index (Phi) is 20.4. The number of carbonyl (C=O) groups is 8. The van der Waals surface area contributed by atoms with Gasteiger partial charge in [0.2, 0.25) is 11.9 Å². The number of hydrogen-bond acceptors (Lipinski definition) is 20. The van der Waals surface area contributed by atoms with Crippen molar-refractivity contribution in [1.82, 2.24) is 15.5 Å². The molecule has 10 rings (SSSR count). The first-order valence-corrected chi connectivity index (χ1v) is 31.9. The third kappa shape index (κ3) is 14.3. The van der Waals surface area contributed by atoms with Crippen molar-refractivity contribution in [2.75, 3.05) is 26.7 Å². The molecule has 514 valence electrons. The van der Waals surface area contributed by atoms with E-state index in [1.165, 1.54) is 82.1 Å². The van der Waals surface area contributed by atoms with E-state index in [-0.39, 0.29) is 72.0 Å². The van der Waals surface area contributed by atoms with Crippen LogP contribution in [0, 0.1) is 32.3 Å². The number of nitrogens with zero attached hydrogens (tertiary/aromatic N) is 2. The fourth-order valence-electron chi connectivity index (χ4n) is 14.1. The van der Waals surface area contributed by atoms with Crippen LogP contribution in [-0.4, -0.2) is 142 Å². The van der Waals surface area contributed by atoms with E-state index in [0.717, 1.165) is 25.0 Å². The average Bonchev–Trinajstić information content (AvgIpc) is 0.669. The maximum Gasteiger partial charge on any atom is 0.409 e. The summed E-state index contributed by atoms with van der Waals surface area (Å²) < 4.78 is 48.9. The first kappa shape index (κ1) is 70.5. The summed E-state index contributed by atoms with van der Waals surface area (Å²) in [5, 5.41) is 44.1. The van der Waals surface area contributed by atoms with Gasteiger partial charge in [0.15, 0.2) is 17.5 Å². The van der Waals surface area contributed by atoms with Gasteiger partial charge < -0.3 is 63.6 Å². The Morgan fingerprint density at radius 3 is 1.98 bits per heavy atom. The van der Waals surface area contributed by atoms with Gasteiger partial charge in [0, 0.05) is 63.9 Å². The van der Waals surface area contributed by atoms with Crippen molar-refractivity contribution in [2.45, 2.75) is 129 Å². The van der Waals surface area contributed by atoms with Gasteiger partial charge in [0.1, 0.15) is 42.3 Å². The van der Waals surface area contributed by atoms with Crippen molar-refractivity contribution in [3.8, 4) is 22.6 Å². The molecule has 2 bridgehead atoms. The average molecular weight is 1340 g/mol. The van der Waals surface area contributed by atoms with E-state index in [1.807, 2.05) is 42.5 Å². The number of ether oxygens (including phenoxy) is 8. The van der Waals surface area contributed by atoms with E-state index < -0.39 is 135 Å². The fraction of sp³-hybridized carbons (Fsp3) is 0.378. The molecular formula is C74H78N4O20. The number of carbonyl (C=O) groups excluding carboxylic acids is 8. The molecule has 98 heavy (non-hydrogen) atoms. The third-order valence-electron chi connectivity index (χ3n) is 19.2. The number of esters is 4. The third-order valence-corrected chi connectivity index (χ3v) is 19.2. The van der Waals surface area contributed by atoms with Gasteiger partial charge in [-0.25, -0.2) is 19.2 Å².